The summed E-state index contributed by atoms with van der Waals surface area (Å²) in [6, 6.07) is 9.86. The first-order valence-corrected chi connectivity index (χ1v) is 6.78. The number of benzene rings is 1. The summed E-state index contributed by atoms with van der Waals surface area (Å²) in [7, 11) is 0. The lowest BCUT2D eigenvalue weighted by molar-refractivity contribution is -0.0229. The van der Waals surface area contributed by atoms with Gasteiger partial charge in [-0.15, -0.1) is 0 Å². The highest BCUT2D eigenvalue weighted by Gasteiger charge is 2.27. The topological polar surface area (TPSA) is 81.3 Å². The Morgan fingerprint density at radius 2 is 2.00 bits per heavy atom. The predicted octanol–water partition coefficient (Wildman–Crippen LogP) is 1.27. The van der Waals surface area contributed by atoms with Gasteiger partial charge in [0.15, 0.2) is 11.5 Å². The number of morpholine rings is 1. The van der Waals surface area contributed by atoms with Crippen molar-refractivity contribution in [2.24, 2.45) is 0 Å². The summed E-state index contributed by atoms with van der Waals surface area (Å²) in [6.07, 6.45) is 2.82. The lowest BCUT2D eigenvalue weighted by Gasteiger charge is -2.33. The highest BCUT2D eigenvalue weighted by atomic mass is 16.5. The summed E-state index contributed by atoms with van der Waals surface area (Å²) in [5, 5.41) is 0. The lowest BCUT2D eigenvalue weighted by Crippen LogP contribution is -2.42. The van der Waals surface area contributed by atoms with Crippen LogP contribution < -0.4 is 5.73 Å². The minimum Gasteiger partial charge on any atom is -0.382 e. The number of carbonyl (C=O) groups is 1. The van der Waals surface area contributed by atoms with Crippen LogP contribution in [0.5, 0.6) is 0 Å². The minimum atomic E-state index is -0.204. The number of amides is 1. The molecular weight excluding hydrogens is 268 g/mol. The third-order valence-electron chi connectivity index (χ3n) is 3.45. The van der Waals surface area contributed by atoms with Crippen molar-refractivity contribution in [1.29, 1.82) is 0 Å². The van der Waals surface area contributed by atoms with Crippen LogP contribution in [0.2, 0.25) is 0 Å². The Bertz CT molecular complexity index is 633. The molecule has 1 aliphatic rings. The molecule has 3 rings (SSSR count). The predicted molar refractivity (Wildman–Crippen MR) is 77.5 cm³/mol. The molecule has 1 saturated heterocycles. The molecule has 108 valence electrons. The first kappa shape index (κ1) is 13.5. The molecule has 21 heavy (non-hydrogen) atoms. The van der Waals surface area contributed by atoms with E-state index in [2.05, 4.69) is 9.97 Å². The van der Waals surface area contributed by atoms with Crippen LogP contribution in [0.25, 0.3) is 0 Å². The van der Waals surface area contributed by atoms with Crippen molar-refractivity contribution in [3.05, 3.63) is 54.0 Å². The molecule has 6 heteroatoms. The molecule has 1 amide bonds. The van der Waals surface area contributed by atoms with Crippen molar-refractivity contribution < 1.29 is 9.53 Å². The molecule has 1 atom stereocenters. The van der Waals surface area contributed by atoms with Gasteiger partial charge in [0.05, 0.1) is 13.2 Å². The first-order chi connectivity index (χ1) is 10.3. The quantitative estimate of drug-likeness (QED) is 0.898. The van der Waals surface area contributed by atoms with Crippen molar-refractivity contribution in [1.82, 2.24) is 14.9 Å². The molecule has 2 N–H and O–H groups in total. The number of hydrogen-bond acceptors (Lipinski definition) is 5. The molecule has 1 fully saturated rings. The van der Waals surface area contributed by atoms with Gasteiger partial charge in [0.2, 0.25) is 0 Å². The molecule has 0 aliphatic carbocycles. The largest absolute Gasteiger partial charge is 0.382 e. The second kappa shape index (κ2) is 5.88. The highest BCUT2D eigenvalue weighted by Crippen LogP contribution is 2.23. The lowest BCUT2D eigenvalue weighted by atomic mass is 10.1. The number of ether oxygens (including phenoxy) is 1. The average molecular weight is 284 g/mol. The van der Waals surface area contributed by atoms with Crippen molar-refractivity contribution in [3.8, 4) is 0 Å². The van der Waals surface area contributed by atoms with E-state index in [1.165, 1.54) is 12.4 Å². The molecule has 2 heterocycles. The van der Waals surface area contributed by atoms with Gasteiger partial charge in [-0.3, -0.25) is 4.79 Å². The summed E-state index contributed by atoms with van der Waals surface area (Å²) in [6.45, 7) is 1.50. The van der Waals surface area contributed by atoms with Gasteiger partial charge in [-0.05, 0) is 5.56 Å². The number of hydrogen-bond donors (Lipinski definition) is 1. The Balaban J connectivity index is 1.77. The summed E-state index contributed by atoms with van der Waals surface area (Å²) >= 11 is 0. The smallest absolute Gasteiger partial charge is 0.276 e. The number of anilines is 1. The molecule has 0 radical (unpaired) electrons. The molecule has 1 unspecified atom stereocenters. The van der Waals surface area contributed by atoms with Crippen LogP contribution in [0.3, 0.4) is 0 Å². The van der Waals surface area contributed by atoms with E-state index < -0.39 is 0 Å². The summed E-state index contributed by atoms with van der Waals surface area (Å²) in [4.78, 5) is 22.1. The van der Waals surface area contributed by atoms with Gasteiger partial charge >= 0.3 is 0 Å². The maximum Gasteiger partial charge on any atom is 0.276 e. The van der Waals surface area contributed by atoms with Crippen molar-refractivity contribution >= 4 is 11.7 Å². The SMILES string of the molecule is Nc1nccnc1C(=O)N1CCOC(c2ccccc2)C1. The summed E-state index contributed by atoms with van der Waals surface area (Å²) in [5.74, 6) is -0.0462. The van der Waals surface area contributed by atoms with Gasteiger partial charge in [-0.25, -0.2) is 9.97 Å². The summed E-state index contributed by atoms with van der Waals surface area (Å²) < 4.78 is 5.75. The fourth-order valence-corrected chi connectivity index (χ4v) is 2.37. The van der Waals surface area contributed by atoms with E-state index in [9.17, 15) is 4.79 Å². The molecule has 1 aromatic carbocycles. The zero-order chi connectivity index (χ0) is 14.7. The number of carbonyl (C=O) groups excluding carboxylic acids is 1. The maximum atomic E-state index is 12.5. The van der Waals surface area contributed by atoms with Crippen LogP contribution in [-0.4, -0.2) is 40.5 Å². The van der Waals surface area contributed by atoms with E-state index in [0.29, 0.717) is 19.7 Å². The second-order valence-electron chi connectivity index (χ2n) is 4.81. The van der Waals surface area contributed by atoms with Crippen LogP contribution in [0.1, 0.15) is 22.2 Å². The number of nitrogens with two attached hydrogens (primary N) is 1. The first-order valence-electron chi connectivity index (χ1n) is 6.78. The molecule has 1 aliphatic heterocycles. The van der Waals surface area contributed by atoms with Gasteiger partial charge in [0, 0.05) is 18.9 Å². The van der Waals surface area contributed by atoms with Gasteiger partial charge in [-0.2, -0.15) is 0 Å². The zero-order valence-electron chi connectivity index (χ0n) is 11.5. The molecule has 6 nitrogen and oxygen atoms in total. The number of nitrogen functional groups attached to an aromatic ring is 1. The van der Waals surface area contributed by atoms with Crippen LogP contribution in [0.4, 0.5) is 5.82 Å². The van der Waals surface area contributed by atoms with E-state index in [1.807, 2.05) is 30.3 Å². The van der Waals surface area contributed by atoms with E-state index in [0.717, 1.165) is 5.56 Å². The average Bonchev–Trinajstić information content (AvgIpc) is 2.56. The number of rotatable bonds is 2. The minimum absolute atomic E-state index is 0.123. The Morgan fingerprint density at radius 1 is 1.24 bits per heavy atom. The maximum absolute atomic E-state index is 12.5. The molecule has 1 aromatic heterocycles. The van der Waals surface area contributed by atoms with Crippen molar-refractivity contribution in [3.63, 3.8) is 0 Å². The van der Waals surface area contributed by atoms with Crippen LogP contribution in [0.15, 0.2) is 42.7 Å². The second-order valence-corrected chi connectivity index (χ2v) is 4.81. The van der Waals surface area contributed by atoms with E-state index >= 15 is 0 Å². The van der Waals surface area contributed by atoms with E-state index in [-0.39, 0.29) is 23.5 Å². The fourth-order valence-electron chi connectivity index (χ4n) is 2.37. The van der Waals surface area contributed by atoms with Gasteiger partial charge in [0.25, 0.3) is 5.91 Å². The van der Waals surface area contributed by atoms with E-state index in [4.69, 9.17) is 10.5 Å². The van der Waals surface area contributed by atoms with Gasteiger partial charge < -0.3 is 15.4 Å². The zero-order valence-corrected chi connectivity index (χ0v) is 11.5. The number of aromatic nitrogens is 2. The monoisotopic (exact) mass is 284 g/mol. The fraction of sp³-hybridized carbons (Fsp3) is 0.267. The van der Waals surface area contributed by atoms with Crippen molar-refractivity contribution in [2.45, 2.75) is 6.10 Å². The Labute approximate surface area is 122 Å². The normalized spacial score (nSPS) is 18.5. The molecule has 0 bridgehead atoms. The van der Waals surface area contributed by atoms with Crippen LogP contribution in [0, 0.1) is 0 Å². The van der Waals surface area contributed by atoms with Crippen molar-refractivity contribution in [2.75, 3.05) is 25.4 Å². The van der Waals surface area contributed by atoms with E-state index in [1.54, 1.807) is 4.90 Å². The third-order valence-corrected chi connectivity index (χ3v) is 3.45. The summed E-state index contributed by atoms with van der Waals surface area (Å²) in [5.41, 5.74) is 6.98. The Hall–Kier alpha value is -2.47. The van der Waals surface area contributed by atoms with Crippen LogP contribution >= 0.6 is 0 Å². The Morgan fingerprint density at radius 3 is 2.76 bits per heavy atom. The van der Waals surface area contributed by atoms with Gasteiger partial charge in [-0.1, -0.05) is 30.3 Å². The highest BCUT2D eigenvalue weighted by molar-refractivity contribution is 5.96. The van der Waals surface area contributed by atoms with Crippen LogP contribution in [-0.2, 0) is 4.74 Å². The van der Waals surface area contributed by atoms with Gasteiger partial charge in [0.1, 0.15) is 6.10 Å². The number of nitrogens with zero attached hydrogens (tertiary/aromatic N) is 3. The Kier molecular flexibility index (Phi) is 3.79. The molecule has 2 aromatic rings. The third kappa shape index (κ3) is 2.85. The molecule has 0 saturated carbocycles. The molecule has 0 spiro atoms. The standard InChI is InChI=1S/C15H16N4O2/c16-14-13(17-6-7-18-14)15(20)19-8-9-21-12(10-19)11-4-2-1-3-5-11/h1-7,12H,8-10H2,(H2,16,18). The molecular formula is C15H16N4O2.